The first-order chi connectivity index (χ1) is 8.74. The number of hydrogen-bond acceptors (Lipinski definition) is 3. The van der Waals surface area contributed by atoms with Gasteiger partial charge in [-0.05, 0) is 30.7 Å². The first-order valence-corrected chi connectivity index (χ1v) is 5.62. The summed E-state index contributed by atoms with van der Waals surface area (Å²) in [6.45, 7) is 1.84. The third-order valence-corrected chi connectivity index (χ3v) is 2.68. The van der Waals surface area contributed by atoms with Crippen LogP contribution in [-0.4, -0.2) is 5.11 Å². The molecule has 18 heavy (non-hydrogen) atoms. The maximum absolute atomic E-state index is 9.23. The highest BCUT2D eigenvalue weighted by molar-refractivity contribution is 5.45. The number of hydrogen-bond donors (Lipinski definition) is 1. The fraction of sp³-hybridized carbons (Fsp3) is 0.133. The summed E-state index contributed by atoms with van der Waals surface area (Å²) in [6, 6.07) is 14.7. The van der Waals surface area contributed by atoms with Gasteiger partial charge >= 0.3 is 0 Å². The third-order valence-electron chi connectivity index (χ3n) is 2.68. The second kappa shape index (κ2) is 5.35. The summed E-state index contributed by atoms with van der Waals surface area (Å²) in [5.74, 6) is 1.24. The molecule has 0 radical (unpaired) electrons. The molecule has 0 saturated heterocycles. The number of para-hydroxylation sites is 1. The van der Waals surface area contributed by atoms with Gasteiger partial charge in [-0.3, -0.25) is 0 Å². The summed E-state index contributed by atoms with van der Waals surface area (Å²) in [5, 5.41) is 18.1. The highest BCUT2D eigenvalue weighted by Crippen LogP contribution is 2.28. The SMILES string of the molecule is Cc1ccc(C#N)cc1Oc1ccccc1CO. The van der Waals surface area contributed by atoms with Crippen LogP contribution in [0.3, 0.4) is 0 Å². The van der Waals surface area contributed by atoms with E-state index >= 15 is 0 Å². The quantitative estimate of drug-likeness (QED) is 0.895. The number of aliphatic hydroxyl groups excluding tert-OH is 1. The van der Waals surface area contributed by atoms with Crippen LogP contribution in [0.2, 0.25) is 0 Å². The molecule has 2 aromatic rings. The predicted octanol–water partition coefficient (Wildman–Crippen LogP) is 3.15. The zero-order valence-corrected chi connectivity index (χ0v) is 10.1. The van der Waals surface area contributed by atoms with Crippen LogP contribution in [0.25, 0.3) is 0 Å². The van der Waals surface area contributed by atoms with Gasteiger partial charge in [0.2, 0.25) is 0 Å². The second-order valence-electron chi connectivity index (χ2n) is 3.96. The number of nitriles is 1. The smallest absolute Gasteiger partial charge is 0.132 e. The summed E-state index contributed by atoms with van der Waals surface area (Å²) in [4.78, 5) is 0. The lowest BCUT2D eigenvalue weighted by atomic mass is 10.1. The van der Waals surface area contributed by atoms with Gasteiger partial charge in [-0.2, -0.15) is 5.26 Å². The van der Waals surface area contributed by atoms with Crippen molar-refractivity contribution >= 4 is 0 Å². The summed E-state index contributed by atoms with van der Waals surface area (Å²) >= 11 is 0. The van der Waals surface area contributed by atoms with Gasteiger partial charge in [-0.25, -0.2) is 0 Å². The van der Waals surface area contributed by atoms with Crippen LogP contribution in [0.15, 0.2) is 42.5 Å². The van der Waals surface area contributed by atoms with Crippen LogP contribution in [0.4, 0.5) is 0 Å². The molecule has 0 aliphatic carbocycles. The lowest BCUT2D eigenvalue weighted by molar-refractivity contribution is 0.276. The molecule has 0 spiro atoms. The van der Waals surface area contributed by atoms with E-state index in [9.17, 15) is 5.11 Å². The van der Waals surface area contributed by atoms with Gasteiger partial charge in [0.25, 0.3) is 0 Å². The molecule has 1 N–H and O–H groups in total. The van der Waals surface area contributed by atoms with Gasteiger partial charge < -0.3 is 9.84 Å². The topological polar surface area (TPSA) is 53.2 Å². The molecule has 0 bridgehead atoms. The van der Waals surface area contributed by atoms with Crippen molar-refractivity contribution in [3.63, 3.8) is 0 Å². The molecule has 0 aromatic heterocycles. The summed E-state index contributed by atoms with van der Waals surface area (Å²) < 4.78 is 5.76. The van der Waals surface area contributed by atoms with Crippen molar-refractivity contribution in [1.29, 1.82) is 5.26 Å². The molecule has 3 nitrogen and oxygen atoms in total. The molecule has 0 fully saturated rings. The highest BCUT2D eigenvalue weighted by Gasteiger charge is 2.06. The van der Waals surface area contributed by atoms with Crippen molar-refractivity contribution in [3.05, 3.63) is 59.2 Å². The molecule has 0 unspecified atom stereocenters. The number of aryl methyl sites for hydroxylation is 1. The molecular weight excluding hydrogens is 226 g/mol. The fourth-order valence-electron chi connectivity index (χ4n) is 1.63. The largest absolute Gasteiger partial charge is 0.457 e. The lowest BCUT2D eigenvalue weighted by Gasteiger charge is -2.11. The molecule has 3 heteroatoms. The number of benzene rings is 2. The van der Waals surface area contributed by atoms with Gasteiger partial charge in [0.15, 0.2) is 0 Å². The van der Waals surface area contributed by atoms with Crippen LogP contribution >= 0.6 is 0 Å². The van der Waals surface area contributed by atoms with Crippen LogP contribution in [-0.2, 0) is 6.61 Å². The molecule has 2 rings (SSSR count). The fourth-order valence-corrected chi connectivity index (χ4v) is 1.63. The van der Waals surface area contributed by atoms with E-state index < -0.39 is 0 Å². The van der Waals surface area contributed by atoms with E-state index in [4.69, 9.17) is 10.00 Å². The van der Waals surface area contributed by atoms with E-state index in [1.165, 1.54) is 0 Å². The van der Waals surface area contributed by atoms with Crippen molar-refractivity contribution < 1.29 is 9.84 Å². The molecule has 0 aliphatic rings. The van der Waals surface area contributed by atoms with Crippen molar-refractivity contribution in [1.82, 2.24) is 0 Å². The third kappa shape index (κ3) is 2.50. The lowest BCUT2D eigenvalue weighted by Crippen LogP contribution is -1.93. The number of aliphatic hydroxyl groups is 1. The first kappa shape index (κ1) is 12.2. The van der Waals surface area contributed by atoms with Crippen LogP contribution in [0, 0.1) is 18.3 Å². The Morgan fingerprint density at radius 2 is 1.94 bits per heavy atom. The van der Waals surface area contributed by atoms with E-state index in [0.717, 1.165) is 11.1 Å². The molecule has 2 aromatic carbocycles. The Labute approximate surface area is 106 Å². The Morgan fingerprint density at radius 1 is 1.17 bits per heavy atom. The minimum atomic E-state index is -0.0762. The summed E-state index contributed by atoms with van der Waals surface area (Å²) in [6.07, 6.45) is 0. The van der Waals surface area contributed by atoms with E-state index in [1.807, 2.05) is 25.1 Å². The molecule has 0 amide bonds. The molecule has 0 heterocycles. The van der Waals surface area contributed by atoms with Gasteiger partial charge in [0.1, 0.15) is 11.5 Å². The van der Waals surface area contributed by atoms with Gasteiger partial charge in [-0.15, -0.1) is 0 Å². The van der Waals surface area contributed by atoms with Gasteiger partial charge in [0, 0.05) is 5.56 Å². The van der Waals surface area contributed by atoms with E-state index in [0.29, 0.717) is 17.1 Å². The minimum absolute atomic E-state index is 0.0762. The average molecular weight is 239 g/mol. The molecular formula is C15H13NO2. The number of ether oxygens (including phenoxy) is 1. The normalized spacial score (nSPS) is 9.83. The molecule has 90 valence electrons. The monoisotopic (exact) mass is 239 g/mol. The van der Waals surface area contributed by atoms with Crippen molar-refractivity contribution in [3.8, 4) is 17.6 Å². The van der Waals surface area contributed by atoms with Gasteiger partial charge in [-0.1, -0.05) is 24.3 Å². The second-order valence-corrected chi connectivity index (χ2v) is 3.96. The maximum atomic E-state index is 9.23. The first-order valence-electron chi connectivity index (χ1n) is 5.62. The molecule has 0 aliphatic heterocycles. The molecule has 0 saturated carbocycles. The standard InChI is InChI=1S/C15H13NO2/c1-11-6-7-12(9-16)8-15(11)18-14-5-3-2-4-13(14)10-17/h2-8,17H,10H2,1H3. The number of nitrogens with zero attached hydrogens (tertiary/aromatic N) is 1. The van der Waals surface area contributed by atoms with Crippen molar-refractivity contribution in [2.24, 2.45) is 0 Å². The van der Waals surface area contributed by atoms with E-state index in [1.54, 1.807) is 24.3 Å². The minimum Gasteiger partial charge on any atom is -0.457 e. The maximum Gasteiger partial charge on any atom is 0.132 e. The van der Waals surface area contributed by atoms with Crippen molar-refractivity contribution in [2.75, 3.05) is 0 Å². The Kier molecular flexibility index (Phi) is 3.61. The number of rotatable bonds is 3. The Bertz CT molecular complexity index is 600. The van der Waals surface area contributed by atoms with Gasteiger partial charge in [0.05, 0.1) is 18.2 Å². The van der Waals surface area contributed by atoms with Crippen LogP contribution in [0.5, 0.6) is 11.5 Å². The zero-order chi connectivity index (χ0) is 13.0. The molecule has 0 atom stereocenters. The van der Waals surface area contributed by atoms with E-state index in [-0.39, 0.29) is 6.61 Å². The summed E-state index contributed by atoms with van der Waals surface area (Å²) in [7, 11) is 0. The highest BCUT2D eigenvalue weighted by atomic mass is 16.5. The van der Waals surface area contributed by atoms with Crippen LogP contribution < -0.4 is 4.74 Å². The Morgan fingerprint density at radius 3 is 2.67 bits per heavy atom. The van der Waals surface area contributed by atoms with E-state index in [2.05, 4.69) is 6.07 Å². The van der Waals surface area contributed by atoms with Crippen molar-refractivity contribution in [2.45, 2.75) is 13.5 Å². The average Bonchev–Trinajstić information content (AvgIpc) is 2.42. The predicted molar refractivity (Wildman–Crippen MR) is 68.3 cm³/mol. The summed E-state index contributed by atoms with van der Waals surface area (Å²) in [5.41, 5.74) is 2.22. The zero-order valence-electron chi connectivity index (χ0n) is 10.1. The van der Waals surface area contributed by atoms with Crippen LogP contribution in [0.1, 0.15) is 16.7 Å². The Balaban J connectivity index is 2.37. The Hall–Kier alpha value is -2.31.